The van der Waals surface area contributed by atoms with Crippen molar-refractivity contribution >= 4 is 14.0 Å². The van der Waals surface area contributed by atoms with Crippen LogP contribution in [0.15, 0.2) is 0 Å². The molecule has 13 heavy (non-hydrogen) atoms. The molecule has 0 aliphatic carbocycles. The zero-order chi connectivity index (χ0) is 10.3. The summed E-state index contributed by atoms with van der Waals surface area (Å²) in [6, 6.07) is 3.39. The van der Waals surface area contributed by atoms with Crippen LogP contribution in [-0.4, -0.2) is 19.1 Å². The fourth-order valence-corrected chi connectivity index (χ4v) is 3.82. The summed E-state index contributed by atoms with van der Waals surface area (Å²) in [5, 5.41) is 8.44. The van der Waals surface area contributed by atoms with Crippen LogP contribution in [0.2, 0.25) is 18.1 Å². The first kappa shape index (κ1) is 12.2. The average Bonchev–Trinajstić information content (AvgIpc) is 2.13. The lowest BCUT2D eigenvalue weighted by Crippen LogP contribution is -2.29. The van der Waals surface area contributed by atoms with Crippen LogP contribution in [0.5, 0.6) is 0 Å². The Morgan fingerprint density at radius 2 is 1.69 bits per heavy atom. The number of carbonyl (C=O) groups is 1. The number of hydrogen-bond donors (Lipinski definition) is 1. The molecule has 0 aromatic rings. The zero-order valence-electron chi connectivity index (χ0n) is 8.68. The summed E-state index contributed by atoms with van der Waals surface area (Å²) in [6.07, 6.45) is -0.00521. The number of carboxylic acids is 1. The summed E-state index contributed by atoms with van der Waals surface area (Å²) in [5.74, 6) is 1.97. The molecular formula is C10H18O2Si. The molecular weight excluding hydrogens is 180 g/mol. The fraction of sp³-hybridized carbons (Fsp3) is 0.700. The van der Waals surface area contributed by atoms with Gasteiger partial charge in [0.15, 0.2) is 0 Å². The lowest BCUT2D eigenvalue weighted by molar-refractivity contribution is -0.135. The van der Waals surface area contributed by atoms with Crippen LogP contribution in [-0.2, 0) is 4.79 Å². The van der Waals surface area contributed by atoms with Crippen molar-refractivity contribution in [3.05, 3.63) is 0 Å². The molecule has 0 aromatic heterocycles. The van der Waals surface area contributed by atoms with Gasteiger partial charge in [-0.05, 0) is 18.1 Å². The van der Waals surface area contributed by atoms with Gasteiger partial charge in [0.2, 0.25) is 0 Å². The van der Waals surface area contributed by atoms with Crippen molar-refractivity contribution in [3.63, 3.8) is 0 Å². The quantitative estimate of drug-likeness (QED) is 0.556. The van der Waals surface area contributed by atoms with Gasteiger partial charge in [0.25, 0.3) is 0 Å². The number of carboxylic acid groups (broad SMARTS) is 1. The van der Waals surface area contributed by atoms with Gasteiger partial charge >= 0.3 is 5.97 Å². The first-order valence-electron chi connectivity index (χ1n) is 4.82. The Labute approximate surface area is 81.4 Å². The van der Waals surface area contributed by atoms with E-state index in [9.17, 15) is 4.79 Å². The molecule has 0 spiro atoms. The van der Waals surface area contributed by atoms with Gasteiger partial charge in [-0.25, -0.2) is 0 Å². The molecule has 2 nitrogen and oxygen atoms in total. The first-order valence-corrected chi connectivity index (χ1v) is 7.44. The van der Waals surface area contributed by atoms with E-state index in [4.69, 9.17) is 5.11 Å². The summed E-state index contributed by atoms with van der Waals surface area (Å²) >= 11 is 0. The smallest absolute Gasteiger partial charge is 0.315 e. The Morgan fingerprint density at radius 1 is 1.23 bits per heavy atom. The second-order valence-electron chi connectivity index (χ2n) is 3.21. The third-order valence-electron chi connectivity index (χ3n) is 2.62. The monoisotopic (exact) mass is 198 g/mol. The Hall–Kier alpha value is -0.753. The Bertz CT molecular complexity index is 213. The summed E-state index contributed by atoms with van der Waals surface area (Å²) in [4.78, 5) is 10.3. The van der Waals surface area contributed by atoms with E-state index < -0.39 is 14.0 Å². The standard InChI is InChI=1S/C10H18O2Si/c1-4-13(5-2,6-3)9-7-8-10(11)12/h4-6,8H2,1-3H3,(H,11,12). The molecule has 0 saturated carbocycles. The highest BCUT2D eigenvalue weighted by Gasteiger charge is 2.23. The molecule has 0 aromatic carbocycles. The van der Waals surface area contributed by atoms with E-state index in [1.807, 2.05) is 0 Å². The molecule has 0 rings (SSSR count). The maximum Gasteiger partial charge on any atom is 0.315 e. The fourth-order valence-electron chi connectivity index (χ4n) is 1.32. The van der Waals surface area contributed by atoms with E-state index in [0.29, 0.717) is 0 Å². The molecule has 0 heterocycles. The maximum atomic E-state index is 10.3. The Kier molecular flexibility index (Phi) is 5.48. The third kappa shape index (κ3) is 4.14. The van der Waals surface area contributed by atoms with E-state index in [1.54, 1.807) is 0 Å². The molecule has 0 amide bonds. The topological polar surface area (TPSA) is 37.3 Å². The predicted octanol–water partition coefficient (Wildman–Crippen LogP) is 2.51. The van der Waals surface area contributed by atoms with Crippen molar-refractivity contribution in [2.45, 2.75) is 45.3 Å². The molecule has 0 saturated heterocycles. The molecule has 0 aliphatic heterocycles. The summed E-state index contributed by atoms with van der Waals surface area (Å²) < 4.78 is 0. The number of aliphatic carboxylic acids is 1. The van der Waals surface area contributed by atoms with E-state index in [1.165, 1.54) is 0 Å². The van der Waals surface area contributed by atoms with E-state index >= 15 is 0 Å². The minimum atomic E-state index is -1.41. The van der Waals surface area contributed by atoms with Crippen molar-refractivity contribution in [2.24, 2.45) is 0 Å². The van der Waals surface area contributed by atoms with Crippen molar-refractivity contribution in [1.29, 1.82) is 0 Å². The van der Waals surface area contributed by atoms with Crippen molar-refractivity contribution in [2.75, 3.05) is 0 Å². The van der Waals surface area contributed by atoms with Crippen LogP contribution < -0.4 is 0 Å². The molecule has 3 heteroatoms. The largest absolute Gasteiger partial charge is 0.481 e. The zero-order valence-corrected chi connectivity index (χ0v) is 9.68. The second kappa shape index (κ2) is 5.82. The van der Waals surface area contributed by atoms with E-state index in [-0.39, 0.29) is 6.42 Å². The highest BCUT2D eigenvalue weighted by atomic mass is 28.3. The molecule has 0 radical (unpaired) electrons. The molecule has 0 bridgehead atoms. The van der Waals surface area contributed by atoms with Crippen LogP contribution in [0.25, 0.3) is 0 Å². The van der Waals surface area contributed by atoms with Gasteiger partial charge in [0, 0.05) is 0 Å². The lowest BCUT2D eigenvalue weighted by atomic mass is 10.5. The van der Waals surface area contributed by atoms with Gasteiger partial charge in [0.1, 0.15) is 14.5 Å². The summed E-state index contributed by atoms with van der Waals surface area (Å²) in [5.41, 5.74) is 3.22. The van der Waals surface area contributed by atoms with Crippen molar-refractivity contribution in [3.8, 4) is 11.5 Å². The lowest BCUT2D eigenvalue weighted by Gasteiger charge is -2.19. The van der Waals surface area contributed by atoms with Gasteiger partial charge in [-0.1, -0.05) is 26.7 Å². The van der Waals surface area contributed by atoms with Crippen LogP contribution in [0.4, 0.5) is 0 Å². The van der Waals surface area contributed by atoms with Gasteiger partial charge in [0.05, 0.1) is 0 Å². The van der Waals surface area contributed by atoms with Crippen LogP contribution in [0, 0.1) is 11.5 Å². The average molecular weight is 198 g/mol. The molecule has 0 fully saturated rings. The van der Waals surface area contributed by atoms with E-state index in [0.717, 1.165) is 18.1 Å². The highest BCUT2D eigenvalue weighted by Crippen LogP contribution is 2.18. The van der Waals surface area contributed by atoms with Gasteiger partial charge in [-0.15, -0.1) is 5.54 Å². The third-order valence-corrected chi connectivity index (χ3v) is 7.39. The number of rotatable bonds is 4. The van der Waals surface area contributed by atoms with Crippen LogP contribution in [0.1, 0.15) is 27.2 Å². The SMILES string of the molecule is CC[Si](C#CCC(=O)O)(CC)CC. The predicted molar refractivity (Wildman–Crippen MR) is 57.2 cm³/mol. The second-order valence-corrected chi connectivity index (χ2v) is 8.15. The normalized spacial score (nSPS) is 10.4. The van der Waals surface area contributed by atoms with Crippen molar-refractivity contribution < 1.29 is 9.90 Å². The maximum absolute atomic E-state index is 10.3. The van der Waals surface area contributed by atoms with Gasteiger partial charge < -0.3 is 5.11 Å². The first-order chi connectivity index (χ1) is 6.10. The molecule has 1 N–H and O–H groups in total. The minimum Gasteiger partial charge on any atom is -0.481 e. The van der Waals surface area contributed by atoms with E-state index in [2.05, 4.69) is 32.2 Å². The summed E-state index contributed by atoms with van der Waals surface area (Å²) in [6.45, 7) is 6.48. The minimum absolute atomic E-state index is 0.00521. The Balaban J connectivity index is 4.36. The van der Waals surface area contributed by atoms with Crippen molar-refractivity contribution in [1.82, 2.24) is 0 Å². The Morgan fingerprint density at radius 3 is 2.00 bits per heavy atom. The molecule has 0 unspecified atom stereocenters. The molecule has 0 aliphatic rings. The molecule has 74 valence electrons. The summed E-state index contributed by atoms with van der Waals surface area (Å²) in [7, 11) is -1.41. The van der Waals surface area contributed by atoms with Gasteiger partial charge in [-0.3, -0.25) is 4.79 Å². The van der Waals surface area contributed by atoms with Crippen LogP contribution in [0.3, 0.4) is 0 Å². The highest BCUT2D eigenvalue weighted by molar-refractivity contribution is 6.87. The number of hydrogen-bond acceptors (Lipinski definition) is 1. The van der Waals surface area contributed by atoms with Gasteiger partial charge in [-0.2, -0.15) is 0 Å². The molecule has 0 atom stereocenters. The van der Waals surface area contributed by atoms with Crippen LogP contribution >= 0.6 is 0 Å².